The summed E-state index contributed by atoms with van der Waals surface area (Å²) in [5.74, 6) is 0.589. The van der Waals surface area contributed by atoms with Crippen LogP contribution in [0.3, 0.4) is 0 Å². The summed E-state index contributed by atoms with van der Waals surface area (Å²) in [6, 6.07) is 14.6. The molecule has 2 aromatic carbocycles. The number of hydrogen-bond donors (Lipinski definition) is 0. The average molecular weight is 376 g/mol. The van der Waals surface area contributed by atoms with Crippen molar-refractivity contribution in [2.24, 2.45) is 0 Å². The molecule has 1 aliphatic heterocycles. The molecule has 1 aliphatic rings. The molecule has 28 heavy (non-hydrogen) atoms. The Bertz CT molecular complexity index is 1130. The Morgan fingerprint density at radius 1 is 1.11 bits per heavy atom. The summed E-state index contributed by atoms with van der Waals surface area (Å²) < 4.78 is 27.4. The first kappa shape index (κ1) is 16.8. The average Bonchev–Trinajstić information content (AvgIpc) is 3.35. The van der Waals surface area contributed by atoms with Gasteiger partial charge in [0, 0.05) is 11.1 Å². The summed E-state index contributed by atoms with van der Waals surface area (Å²) in [6.45, 7) is 2.79. The van der Waals surface area contributed by atoms with E-state index in [0.717, 1.165) is 16.8 Å². The molecule has 5 rings (SSSR count). The number of halogens is 1. The van der Waals surface area contributed by atoms with Crippen LogP contribution in [-0.4, -0.2) is 19.7 Å². The minimum Gasteiger partial charge on any atom is -0.365 e. The van der Waals surface area contributed by atoms with Gasteiger partial charge in [-0.1, -0.05) is 53.2 Å². The van der Waals surface area contributed by atoms with E-state index in [1.54, 1.807) is 18.5 Å². The van der Waals surface area contributed by atoms with E-state index >= 15 is 0 Å². The molecule has 1 atom stereocenters. The molecule has 0 spiro atoms. The fraction of sp³-hybridized carbons (Fsp3) is 0.190. The van der Waals surface area contributed by atoms with Gasteiger partial charge in [0.2, 0.25) is 5.82 Å². The first-order valence-corrected chi connectivity index (χ1v) is 9.00. The molecule has 0 N–H and O–H groups in total. The van der Waals surface area contributed by atoms with Crippen LogP contribution in [0, 0.1) is 12.7 Å². The van der Waals surface area contributed by atoms with E-state index < -0.39 is 0 Å². The van der Waals surface area contributed by atoms with E-state index in [1.165, 1.54) is 6.07 Å². The van der Waals surface area contributed by atoms with Gasteiger partial charge in [0.25, 0.3) is 5.89 Å². The van der Waals surface area contributed by atoms with Crippen molar-refractivity contribution in [3.63, 3.8) is 0 Å². The maximum atomic E-state index is 14.1. The van der Waals surface area contributed by atoms with E-state index in [4.69, 9.17) is 9.26 Å². The Kier molecular flexibility index (Phi) is 4.02. The van der Waals surface area contributed by atoms with Gasteiger partial charge in [0.15, 0.2) is 5.69 Å². The van der Waals surface area contributed by atoms with Crippen molar-refractivity contribution in [3.8, 4) is 23.0 Å². The van der Waals surface area contributed by atoms with E-state index in [-0.39, 0.29) is 18.5 Å². The topological polar surface area (TPSA) is 66.0 Å². The Morgan fingerprint density at radius 2 is 1.93 bits per heavy atom. The third kappa shape index (κ3) is 2.90. The highest BCUT2D eigenvalue weighted by atomic mass is 19.1. The molecule has 0 amide bonds. The van der Waals surface area contributed by atoms with Gasteiger partial charge in [-0.25, -0.2) is 9.37 Å². The second-order valence-electron chi connectivity index (χ2n) is 6.80. The number of aromatic nitrogens is 4. The van der Waals surface area contributed by atoms with Crippen LogP contribution >= 0.6 is 0 Å². The lowest BCUT2D eigenvalue weighted by molar-refractivity contribution is 0.00126. The maximum absolute atomic E-state index is 14.1. The van der Waals surface area contributed by atoms with Gasteiger partial charge in [-0.3, -0.25) is 0 Å². The molecular weight excluding hydrogens is 359 g/mol. The Morgan fingerprint density at radius 3 is 2.75 bits per heavy atom. The summed E-state index contributed by atoms with van der Waals surface area (Å²) in [7, 11) is 0. The molecule has 2 aromatic heterocycles. The zero-order valence-corrected chi connectivity index (χ0v) is 15.2. The molecule has 0 aliphatic carbocycles. The minimum absolute atomic E-state index is 0.268. The fourth-order valence-electron chi connectivity index (χ4n) is 3.37. The Balaban J connectivity index is 1.43. The third-order valence-electron chi connectivity index (χ3n) is 4.92. The predicted octanol–water partition coefficient (Wildman–Crippen LogP) is 4.32. The number of rotatable bonds is 3. The molecule has 0 bridgehead atoms. The highest BCUT2D eigenvalue weighted by Crippen LogP contribution is 2.32. The normalized spacial score (nSPS) is 16.1. The van der Waals surface area contributed by atoms with Crippen molar-refractivity contribution < 1.29 is 13.7 Å². The van der Waals surface area contributed by atoms with Gasteiger partial charge < -0.3 is 13.8 Å². The van der Waals surface area contributed by atoms with Gasteiger partial charge in [-0.2, -0.15) is 4.98 Å². The number of imidazole rings is 1. The lowest BCUT2D eigenvalue weighted by Gasteiger charge is -2.25. The van der Waals surface area contributed by atoms with Gasteiger partial charge in [-0.05, 0) is 13.0 Å². The molecule has 0 radical (unpaired) electrons. The molecule has 0 fully saturated rings. The summed E-state index contributed by atoms with van der Waals surface area (Å²) in [5.41, 5.74) is 4.02. The molecule has 140 valence electrons. The lowest BCUT2D eigenvalue weighted by atomic mass is 10.1. The monoisotopic (exact) mass is 376 g/mol. The SMILES string of the molecule is Cc1ccc(-c2noc(-c3ncn4c3CO[C@@H](c3ccccc3F)C4)n2)cc1. The van der Waals surface area contributed by atoms with Crippen molar-refractivity contribution in [1.82, 2.24) is 19.7 Å². The molecule has 3 heterocycles. The highest BCUT2D eigenvalue weighted by molar-refractivity contribution is 5.59. The summed E-state index contributed by atoms with van der Waals surface area (Å²) in [4.78, 5) is 8.92. The number of fused-ring (bicyclic) bond motifs is 1. The van der Waals surface area contributed by atoms with E-state index in [2.05, 4.69) is 15.1 Å². The van der Waals surface area contributed by atoms with Crippen LogP contribution in [0.1, 0.15) is 22.9 Å². The van der Waals surface area contributed by atoms with Crippen LogP contribution in [0.5, 0.6) is 0 Å². The van der Waals surface area contributed by atoms with Crippen LogP contribution in [0.25, 0.3) is 23.0 Å². The highest BCUT2D eigenvalue weighted by Gasteiger charge is 2.27. The van der Waals surface area contributed by atoms with Crippen LogP contribution < -0.4 is 0 Å². The van der Waals surface area contributed by atoms with Gasteiger partial charge in [0.1, 0.15) is 11.9 Å². The maximum Gasteiger partial charge on any atom is 0.278 e. The van der Waals surface area contributed by atoms with Gasteiger partial charge >= 0.3 is 0 Å². The largest absolute Gasteiger partial charge is 0.365 e. The van der Waals surface area contributed by atoms with Gasteiger partial charge in [0.05, 0.1) is 25.2 Å². The number of benzene rings is 2. The lowest BCUT2D eigenvalue weighted by Crippen LogP contribution is -2.21. The van der Waals surface area contributed by atoms with Crippen LogP contribution in [0.4, 0.5) is 4.39 Å². The summed E-state index contributed by atoms with van der Waals surface area (Å²) in [5, 5.41) is 4.07. The Hall–Kier alpha value is -3.32. The van der Waals surface area contributed by atoms with Crippen molar-refractivity contribution in [2.45, 2.75) is 26.2 Å². The second kappa shape index (κ2) is 6.69. The van der Waals surface area contributed by atoms with E-state index in [1.807, 2.05) is 41.8 Å². The first-order valence-electron chi connectivity index (χ1n) is 9.00. The molecule has 7 heteroatoms. The fourth-order valence-corrected chi connectivity index (χ4v) is 3.37. The molecule has 0 saturated carbocycles. The summed E-state index contributed by atoms with van der Waals surface area (Å²) >= 11 is 0. The third-order valence-corrected chi connectivity index (χ3v) is 4.92. The van der Waals surface area contributed by atoms with Crippen LogP contribution in [0.15, 0.2) is 59.4 Å². The second-order valence-corrected chi connectivity index (χ2v) is 6.80. The molecule has 6 nitrogen and oxygen atoms in total. The van der Waals surface area contributed by atoms with Crippen molar-refractivity contribution in [1.29, 1.82) is 0 Å². The van der Waals surface area contributed by atoms with Crippen molar-refractivity contribution in [3.05, 3.63) is 77.5 Å². The molecular formula is C21H17FN4O2. The van der Waals surface area contributed by atoms with Crippen molar-refractivity contribution >= 4 is 0 Å². The smallest absolute Gasteiger partial charge is 0.278 e. The number of ether oxygens (including phenoxy) is 1. The Labute approximate surface area is 160 Å². The van der Waals surface area contributed by atoms with E-state index in [0.29, 0.717) is 29.5 Å². The van der Waals surface area contributed by atoms with E-state index in [9.17, 15) is 4.39 Å². The predicted molar refractivity (Wildman–Crippen MR) is 99.6 cm³/mol. The number of nitrogens with zero attached hydrogens (tertiary/aromatic N) is 4. The number of hydrogen-bond acceptors (Lipinski definition) is 5. The van der Waals surface area contributed by atoms with Gasteiger partial charge in [-0.15, -0.1) is 0 Å². The standard InChI is InChI=1S/C21H17FN4O2/c1-13-6-8-14(9-7-13)20-24-21(28-25-20)19-17-11-27-18(10-26(17)12-23-19)15-4-2-3-5-16(15)22/h2-9,12,18H,10-11H2,1H3/t18-/m1/s1. The zero-order chi connectivity index (χ0) is 19.1. The zero-order valence-electron chi connectivity index (χ0n) is 15.2. The quantitative estimate of drug-likeness (QED) is 0.533. The first-order chi connectivity index (χ1) is 13.7. The van der Waals surface area contributed by atoms with Crippen LogP contribution in [-0.2, 0) is 17.9 Å². The molecule has 4 aromatic rings. The number of aryl methyl sites for hydroxylation is 1. The minimum atomic E-state index is -0.360. The summed E-state index contributed by atoms with van der Waals surface area (Å²) in [6.07, 6.45) is 1.35. The molecule has 0 unspecified atom stereocenters. The van der Waals surface area contributed by atoms with Crippen LogP contribution in [0.2, 0.25) is 0 Å². The molecule has 0 saturated heterocycles. The van der Waals surface area contributed by atoms with Crippen molar-refractivity contribution in [2.75, 3.05) is 0 Å².